The van der Waals surface area contributed by atoms with Gasteiger partial charge < -0.3 is 21.1 Å². The quantitative estimate of drug-likeness (QED) is 0.344. The number of primary amides is 1. The lowest BCUT2D eigenvalue weighted by Crippen LogP contribution is -2.72. The number of phenols is 1. The number of ketones is 4. The lowest BCUT2D eigenvalue weighted by Gasteiger charge is -2.52. The maximum Gasteiger partial charge on any atom is 0.235 e. The average molecular weight is 451 g/mol. The van der Waals surface area contributed by atoms with Gasteiger partial charge in [0.25, 0.3) is 0 Å². The van der Waals surface area contributed by atoms with Gasteiger partial charge in [0.15, 0.2) is 34.7 Å². The van der Waals surface area contributed by atoms with Crippen LogP contribution in [0.2, 0.25) is 0 Å². The number of nitrogens with two attached hydrogens (primary N) is 1. The summed E-state index contributed by atoms with van der Waals surface area (Å²) in [6.45, 7) is 1.64. The number of phenolic OH excluding ortho intramolecular Hbond substituents is 1. The van der Waals surface area contributed by atoms with Gasteiger partial charge in [-0.3, -0.25) is 24.0 Å². The molecule has 170 valence electrons. The van der Waals surface area contributed by atoms with E-state index in [4.69, 9.17) is 12.2 Å². The Balaban J connectivity index is 1.89. The van der Waals surface area contributed by atoms with E-state index in [0.29, 0.717) is 5.56 Å². The van der Waals surface area contributed by atoms with Gasteiger partial charge in [0.2, 0.25) is 5.91 Å². The molecule has 9 nitrogen and oxygen atoms in total. The van der Waals surface area contributed by atoms with Gasteiger partial charge in [0.05, 0.1) is 17.6 Å². The highest BCUT2D eigenvalue weighted by atomic mass is 16.3. The largest absolute Gasteiger partial charge is 0.507 e. The predicted octanol–water partition coefficient (Wildman–Crippen LogP) is -0.495. The first-order valence-electron chi connectivity index (χ1n) is 10.3. The van der Waals surface area contributed by atoms with Gasteiger partial charge in [-0.25, -0.2) is 0 Å². The summed E-state index contributed by atoms with van der Waals surface area (Å²) in [5, 5.41) is 33.1. The highest BCUT2D eigenvalue weighted by Gasteiger charge is 2.69. The van der Waals surface area contributed by atoms with Crippen LogP contribution in [-0.4, -0.2) is 56.1 Å². The van der Waals surface area contributed by atoms with E-state index in [1.54, 1.807) is 13.0 Å². The van der Waals surface area contributed by atoms with Crippen LogP contribution in [-0.2, 0) is 19.2 Å². The van der Waals surface area contributed by atoms with E-state index < -0.39 is 82.5 Å². The smallest absolute Gasteiger partial charge is 0.235 e. The summed E-state index contributed by atoms with van der Waals surface area (Å²) in [5.74, 6) is -10.9. The summed E-state index contributed by atoms with van der Waals surface area (Å²) in [4.78, 5) is 64.0. The molecule has 5 N–H and O–H groups in total. The van der Waals surface area contributed by atoms with Crippen LogP contribution in [0.15, 0.2) is 18.2 Å². The van der Waals surface area contributed by atoms with Gasteiger partial charge >= 0.3 is 0 Å². The number of fused-ring (bicyclic) bond motifs is 3. The second kappa shape index (κ2) is 7.47. The fourth-order valence-electron chi connectivity index (χ4n) is 5.64. The standard InChI is InChI=1S/C24H21NO8/c1-3-4-5-10-6-7-11-9(2)14-17(20(29)15(11)18(10)27)22(31)24(33)12(19(14)28)8-13(26)16(21(24)30)23(25)32/h1,4-7,9,12,14,16-17,19,27-28,33H,8H2,2H3,(H2,25,32)/t9-,12+,14+,16?,17?,19+,24+/m0/s1. The van der Waals surface area contributed by atoms with E-state index in [0.717, 1.165) is 0 Å². The number of aliphatic hydroxyl groups is 2. The summed E-state index contributed by atoms with van der Waals surface area (Å²) in [7, 11) is 0. The first-order valence-corrected chi connectivity index (χ1v) is 10.3. The number of carbonyl (C=O) groups is 5. The molecule has 7 atom stereocenters. The molecular weight excluding hydrogens is 430 g/mol. The summed E-state index contributed by atoms with van der Waals surface area (Å²) in [6, 6.07) is 3.10. The zero-order valence-corrected chi connectivity index (χ0v) is 17.5. The first kappa shape index (κ1) is 22.6. The summed E-state index contributed by atoms with van der Waals surface area (Å²) in [6.07, 6.45) is 5.69. The van der Waals surface area contributed by atoms with Crippen molar-refractivity contribution in [3.63, 3.8) is 0 Å². The lowest BCUT2D eigenvalue weighted by atomic mass is 9.50. The van der Waals surface area contributed by atoms with Crippen LogP contribution in [0.1, 0.15) is 40.7 Å². The number of Topliss-reactive ketones (excluding diaryl/α,β-unsaturated/α-hetero) is 4. The number of allylic oxidation sites excluding steroid dienone is 1. The van der Waals surface area contributed by atoms with Crippen LogP contribution >= 0.6 is 0 Å². The molecule has 1 aromatic rings. The fraction of sp³-hybridized carbons (Fsp3) is 0.375. The molecule has 9 heteroatoms. The average Bonchev–Trinajstić information content (AvgIpc) is 2.75. The number of carbonyl (C=O) groups excluding carboxylic acids is 5. The molecule has 4 rings (SSSR count). The number of amides is 1. The van der Waals surface area contributed by atoms with Crippen LogP contribution in [0, 0.1) is 36.0 Å². The monoisotopic (exact) mass is 451 g/mol. The maximum atomic E-state index is 13.5. The van der Waals surface area contributed by atoms with Crippen molar-refractivity contribution in [2.45, 2.75) is 31.0 Å². The predicted molar refractivity (Wildman–Crippen MR) is 112 cm³/mol. The topological polar surface area (TPSA) is 172 Å². The number of rotatable bonds is 2. The molecule has 0 bridgehead atoms. The second-order valence-electron chi connectivity index (χ2n) is 8.77. The van der Waals surface area contributed by atoms with Gasteiger partial charge in [-0.05, 0) is 23.6 Å². The van der Waals surface area contributed by atoms with E-state index in [9.17, 15) is 39.3 Å². The summed E-state index contributed by atoms with van der Waals surface area (Å²) < 4.78 is 0. The molecule has 33 heavy (non-hydrogen) atoms. The van der Waals surface area contributed by atoms with E-state index in [1.165, 1.54) is 18.2 Å². The van der Waals surface area contributed by atoms with Crippen molar-refractivity contribution in [2.24, 2.45) is 29.4 Å². The van der Waals surface area contributed by atoms with Crippen LogP contribution < -0.4 is 5.73 Å². The minimum atomic E-state index is -2.93. The Hall–Kier alpha value is -3.61. The van der Waals surface area contributed by atoms with Gasteiger partial charge in [0, 0.05) is 23.8 Å². The molecule has 2 unspecified atom stereocenters. The van der Waals surface area contributed by atoms with Gasteiger partial charge in [-0.1, -0.05) is 25.0 Å². The van der Waals surface area contributed by atoms with Crippen molar-refractivity contribution in [1.82, 2.24) is 0 Å². The maximum absolute atomic E-state index is 13.5. The zero-order valence-electron chi connectivity index (χ0n) is 17.5. The Morgan fingerprint density at radius 1 is 1.24 bits per heavy atom. The number of terminal acetylenes is 1. The Morgan fingerprint density at radius 2 is 1.91 bits per heavy atom. The van der Waals surface area contributed by atoms with Crippen molar-refractivity contribution in [1.29, 1.82) is 0 Å². The number of hydrogen-bond donors (Lipinski definition) is 4. The van der Waals surface area contributed by atoms with Gasteiger partial charge in [-0.2, -0.15) is 0 Å². The molecule has 0 aromatic heterocycles. The third kappa shape index (κ3) is 2.84. The molecule has 0 spiro atoms. The number of aliphatic hydroxyl groups excluding tert-OH is 1. The minimum absolute atomic E-state index is 0.170. The van der Waals surface area contributed by atoms with Crippen LogP contribution in [0.4, 0.5) is 0 Å². The molecule has 3 aliphatic carbocycles. The SMILES string of the molecule is C#CC=Cc1ccc2c(c1O)C(=O)C1C(=O)[C@]3(O)C(=O)C(C(N)=O)C(=O)C[C@@H]3[C@@H](O)[C@@H]1[C@H]2C. The van der Waals surface area contributed by atoms with Crippen molar-refractivity contribution < 1.29 is 39.3 Å². The van der Waals surface area contributed by atoms with Crippen molar-refractivity contribution >= 4 is 35.1 Å². The van der Waals surface area contributed by atoms with Gasteiger partial charge in [-0.15, -0.1) is 6.42 Å². The molecule has 2 fully saturated rings. The third-order valence-electron chi connectivity index (χ3n) is 7.25. The van der Waals surface area contributed by atoms with E-state index >= 15 is 0 Å². The highest BCUT2D eigenvalue weighted by Crippen LogP contribution is 2.54. The van der Waals surface area contributed by atoms with Crippen LogP contribution in [0.5, 0.6) is 5.75 Å². The third-order valence-corrected chi connectivity index (χ3v) is 7.25. The Bertz CT molecular complexity index is 1210. The minimum Gasteiger partial charge on any atom is -0.507 e. The number of aromatic hydroxyl groups is 1. The first-order chi connectivity index (χ1) is 15.5. The van der Waals surface area contributed by atoms with E-state index in [1.807, 2.05) is 0 Å². The van der Waals surface area contributed by atoms with E-state index in [-0.39, 0.29) is 11.1 Å². The molecule has 0 aliphatic heterocycles. The molecular formula is C24H21NO8. The number of hydrogen-bond acceptors (Lipinski definition) is 8. The Labute approximate surface area is 188 Å². The fourth-order valence-corrected chi connectivity index (χ4v) is 5.64. The normalized spacial score (nSPS) is 35.6. The van der Waals surface area contributed by atoms with Crippen LogP contribution in [0.25, 0.3) is 6.08 Å². The Morgan fingerprint density at radius 3 is 2.52 bits per heavy atom. The molecule has 3 aliphatic rings. The summed E-state index contributed by atoms with van der Waals surface area (Å²) in [5.41, 5.74) is 2.63. The molecule has 0 radical (unpaired) electrons. The molecule has 0 heterocycles. The van der Waals surface area contributed by atoms with E-state index in [2.05, 4.69) is 5.92 Å². The zero-order chi connectivity index (χ0) is 24.4. The molecule has 1 aromatic carbocycles. The molecule has 2 saturated carbocycles. The van der Waals surface area contributed by atoms with Crippen molar-refractivity contribution in [2.75, 3.05) is 0 Å². The van der Waals surface area contributed by atoms with Gasteiger partial charge in [0.1, 0.15) is 5.75 Å². The number of benzene rings is 1. The second-order valence-corrected chi connectivity index (χ2v) is 8.77. The Kier molecular flexibility index (Phi) is 5.11. The van der Waals surface area contributed by atoms with Crippen molar-refractivity contribution in [3.05, 3.63) is 34.9 Å². The summed E-state index contributed by atoms with van der Waals surface area (Å²) >= 11 is 0. The van der Waals surface area contributed by atoms with Crippen molar-refractivity contribution in [3.8, 4) is 18.1 Å². The molecule has 0 saturated heterocycles. The highest BCUT2D eigenvalue weighted by molar-refractivity contribution is 6.31. The van der Waals surface area contributed by atoms with Crippen LogP contribution in [0.3, 0.4) is 0 Å². The molecule has 1 amide bonds. The lowest BCUT2D eigenvalue weighted by molar-refractivity contribution is -0.189.